The molecule has 0 aliphatic heterocycles. The van der Waals surface area contributed by atoms with Crippen molar-refractivity contribution >= 4 is 11.9 Å². The summed E-state index contributed by atoms with van der Waals surface area (Å²) in [6.07, 6.45) is 26.7. The molecule has 0 bridgehead atoms. The lowest BCUT2D eigenvalue weighted by Crippen LogP contribution is -2.42. The van der Waals surface area contributed by atoms with Crippen molar-refractivity contribution in [2.45, 2.75) is 168 Å². The van der Waals surface area contributed by atoms with Crippen LogP contribution < -0.4 is 11.1 Å². The molecule has 0 heterocycles. The van der Waals surface area contributed by atoms with Gasteiger partial charge < -0.3 is 15.8 Å². The molecule has 1 atom stereocenters. The van der Waals surface area contributed by atoms with E-state index in [1.54, 1.807) is 0 Å². The van der Waals surface area contributed by atoms with Gasteiger partial charge in [-0.1, -0.05) is 123 Å². The molecule has 0 saturated carbocycles. The predicted octanol–water partition coefficient (Wildman–Crippen LogP) is 7.99. The van der Waals surface area contributed by atoms with Gasteiger partial charge in [0.2, 0.25) is 5.91 Å². The van der Waals surface area contributed by atoms with E-state index in [9.17, 15) is 9.59 Å². The Hall–Kier alpha value is -1.10. The molecule has 0 aromatic carbocycles. The fourth-order valence-electron chi connectivity index (χ4n) is 4.47. The van der Waals surface area contributed by atoms with Crippen molar-refractivity contribution < 1.29 is 14.3 Å². The van der Waals surface area contributed by atoms with E-state index in [2.05, 4.69) is 19.2 Å². The van der Waals surface area contributed by atoms with Crippen molar-refractivity contribution in [1.82, 2.24) is 5.32 Å². The van der Waals surface area contributed by atoms with Crippen LogP contribution in [-0.2, 0) is 14.3 Å². The molecule has 1 amide bonds. The molecule has 0 fully saturated rings. The largest absolute Gasteiger partial charge is 0.464 e. The van der Waals surface area contributed by atoms with Crippen LogP contribution in [0.1, 0.15) is 162 Å². The van der Waals surface area contributed by atoms with E-state index >= 15 is 0 Å². The van der Waals surface area contributed by atoms with Crippen molar-refractivity contribution in [2.75, 3.05) is 13.2 Å². The number of rotatable bonds is 27. The molecule has 0 aromatic rings. The van der Waals surface area contributed by atoms with Crippen molar-refractivity contribution in [3.8, 4) is 0 Å². The van der Waals surface area contributed by atoms with Crippen molar-refractivity contribution in [3.05, 3.63) is 0 Å². The average molecular weight is 497 g/mol. The van der Waals surface area contributed by atoms with Crippen molar-refractivity contribution in [1.29, 1.82) is 0 Å². The number of carbonyl (C=O) groups excluding carboxylic acids is 2. The van der Waals surface area contributed by atoms with Gasteiger partial charge in [-0.2, -0.15) is 0 Å². The number of esters is 1. The predicted molar refractivity (Wildman–Crippen MR) is 149 cm³/mol. The Bertz CT molecular complexity index is 471. The van der Waals surface area contributed by atoms with Crippen LogP contribution in [0.5, 0.6) is 0 Å². The van der Waals surface area contributed by atoms with Gasteiger partial charge in [0, 0.05) is 6.42 Å². The summed E-state index contributed by atoms with van der Waals surface area (Å²) in [7, 11) is 0. The molecule has 0 saturated heterocycles. The number of ether oxygens (including phenoxy) is 1. The van der Waals surface area contributed by atoms with Crippen LogP contribution in [0.2, 0.25) is 0 Å². The van der Waals surface area contributed by atoms with E-state index in [0.29, 0.717) is 26.0 Å². The summed E-state index contributed by atoms with van der Waals surface area (Å²) in [5.41, 5.74) is 5.59. The van der Waals surface area contributed by atoms with Gasteiger partial charge in [0.05, 0.1) is 6.61 Å². The molecule has 3 N–H and O–H groups in total. The fourth-order valence-corrected chi connectivity index (χ4v) is 4.47. The summed E-state index contributed by atoms with van der Waals surface area (Å²) in [5, 5.41) is 2.92. The molecule has 0 aliphatic carbocycles. The summed E-state index contributed by atoms with van der Waals surface area (Å²) in [6, 6.07) is -0.531. The Kier molecular flexibility index (Phi) is 26.6. The molecule has 0 unspecified atom stereocenters. The third-order valence-electron chi connectivity index (χ3n) is 6.82. The summed E-state index contributed by atoms with van der Waals surface area (Å²) in [6.45, 7) is 5.48. The van der Waals surface area contributed by atoms with Gasteiger partial charge in [0.1, 0.15) is 6.04 Å². The van der Waals surface area contributed by atoms with Crippen LogP contribution in [-0.4, -0.2) is 31.1 Å². The lowest BCUT2D eigenvalue weighted by molar-refractivity contribution is -0.148. The van der Waals surface area contributed by atoms with Gasteiger partial charge in [0.15, 0.2) is 0 Å². The number of amides is 1. The number of carbonyl (C=O) groups is 2. The van der Waals surface area contributed by atoms with Gasteiger partial charge >= 0.3 is 5.97 Å². The summed E-state index contributed by atoms with van der Waals surface area (Å²) < 4.78 is 5.43. The highest BCUT2D eigenvalue weighted by Crippen LogP contribution is 2.14. The molecular formula is C30H60N2O3. The van der Waals surface area contributed by atoms with Crippen LogP contribution in [0.25, 0.3) is 0 Å². The molecule has 0 aromatic heterocycles. The second-order valence-corrected chi connectivity index (χ2v) is 10.3. The van der Waals surface area contributed by atoms with Gasteiger partial charge in [0.25, 0.3) is 0 Å². The normalized spacial score (nSPS) is 12.0. The van der Waals surface area contributed by atoms with Crippen molar-refractivity contribution in [3.63, 3.8) is 0 Å². The molecule has 5 nitrogen and oxygen atoms in total. The average Bonchev–Trinajstić information content (AvgIpc) is 2.85. The maximum atomic E-state index is 12.5. The monoisotopic (exact) mass is 496 g/mol. The third kappa shape index (κ3) is 24.4. The summed E-state index contributed by atoms with van der Waals surface area (Å²) in [4.78, 5) is 24.8. The quantitative estimate of drug-likeness (QED) is 0.0892. The Balaban J connectivity index is 3.78. The maximum Gasteiger partial charge on any atom is 0.328 e. The number of nitrogens with two attached hydrogens (primary N) is 1. The van der Waals surface area contributed by atoms with E-state index in [1.165, 1.54) is 83.5 Å². The summed E-state index contributed by atoms with van der Waals surface area (Å²) >= 11 is 0. The molecule has 5 heteroatoms. The first-order valence-corrected chi connectivity index (χ1v) is 15.3. The van der Waals surface area contributed by atoms with Gasteiger partial charge in [-0.05, 0) is 38.6 Å². The molecule has 208 valence electrons. The number of unbranched alkanes of at least 4 members (excludes halogenated alkanes) is 18. The van der Waals surface area contributed by atoms with E-state index < -0.39 is 6.04 Å². The first-order chi connectivity index (χ1) is 17.2. The number of nitrogens with one attached hydrogen (secondary N) is 1. The van der Waals surface area contributed by atoms with E-state index in [1.807, 2.05) is 0 Å². The molecule has 0 rings (SSSR count). The zero-order chi connectivity index (χ0) is 25.8. The Morgan fingerprint density at radius 2 is 1.09 bits per heavy atom. The molecule has 35 heavy (non-hydrogen) atoms. The van der Waals surface area contributed by atoms with Crippen LogP contribution in [0, 0.1) is 0 Å². The highest BCUT2D eigenvalue weighted by atomic mass is 16.5. The molecule has 0 radical (unpaired) electrons. The number of hydrogen-bond acceptors (Lipinski definition) is 4. The lowest BCUT2D eigenvalue weighted by Gasteiger charge is -2.18. The van der Waals surface area contributed by atoms with Crippen LogP contribution in [0.3, 0.4) is 0 Å². The number of hydrogen-bond donors (Lipinski definition) is 2. The Morgan fingerprint density at radius 3 is 1.57 bits per heavy atom. The topological polar surface area (TPSA) is 81.4 Å². The molecule has 0 spiro atoms. The highest BCUT2D eigenvalue weighted by molar-refractivity contribution is 5.84. The standard InChI is InChI=1S/C30H60N2O3/c1-3-5-7-9-10-11-12-13-14-15-16-17-18-19-20-25-29(33)32-28(24-21-22-26-31)30(34)35-27-23-8-6-4-2/h28H,3-27,31H2,1-2H3,(H,32,33)/t28-/m0/s1. The SMILES string of the molecule is CCCCCCCCCCCCCCCCCC(=O)N[C@@H](CCCCN)C(=O)OCCCCCC. The second kappa shape index (κ2) is 27.5. The minimum Gasteiger partial charge on any atom is -0.464 e. The smallest absolute Gasteiger partial charge is 0.328 e. The van der Waals surface area contributed by atoms with Gasteiger partial charge in [-0.15, -0.1) is 0 Å². The van der Waals surface area contributed by atoms with Crippen LogP contribution in [0.15, 0.2) is 0 Å². The van der Waals surface area contributed by atoms with Gasteiger partial charge in [-0.3, -0.25) is 4.79 Å². The first kappa shape index (κ1) is 33.9. The first-order valence-electron chi connectivity index (χ1n) is 15.3. The zero-order valence-electron chi connectivity index (χ0n) is 23.6. The zero-order valence-corrected chi connectivity index (χ0v) is 23.6. The van der Waals surface area contributed by atoms with Crippen molar-refractivity contribution in [2.24, 2.45) is 5.73 Å². The van der Waals surface area contributed by atoms with Crippen LogP contribution >= 0.6 is 0 Å². The fraction of sp³-hybridized carbons (Fsp3) is 0.933. The Morgan fingerprint density at radius 1 is 0.629 bits per heavy atom. The van der Waals surface area contributed by atoms with E-state index in [0.717, 1.165) is 51.4 Å². The minimum absolute atomic E-state index is 0.0274. The summed E-state index contributed by atoms with van der Waals surface area (Å²) in [5.74, 6) is -0.316. The highest BCUT2D eigenvalue weighted by Gasteiger charge is 2.21. The van der Waals surface area contributed by atoms with Gasteiger partial charge in [-0.25, -0.2) is 4.79 Å². The van der Waals surface area contributed by atoms with E-state index in [-0.39, 0.29) is 11.9 Å². The van der Waals surface area contributed by atoms with E-state index in [4.69, 9.17) is 10.5 Å². The molecule has 0 aliphatic rings. The third-order valence-corrected chi connectivity index (χ3v) is 6.82. The maximum absolute atomic E-state index is 12.5. The second-order valence-electron chi connectivity index (χ2n) is 10.3. The molecular weight excluding hydrogens is 436 g/mol. The van der Waals surface area contributed by atoms with Crippen LogP contribution in [0.4, 0.5) is 0 Å². The lowest BCUT2D eigenvalue weighted by atomic mass is 10.0. The minimum atomic E-state index is -0.531. The Labute approximate surface area is 218 Å².